The van der Waals surface area contributed by atoms with E-state index in [2.05, 4.69) is 15.6 Å². The summed E-state index contributed by atoms with van der Waals surface area (Å²) in [6.07, 6.45) is 4.50. The van der Waals surface area contributed by atoms with Crippen molar-refractivity contribution >= 4 is 52.3 Å². The van der Waals surface area contributed by atoms with Gasteiger partial charge in [-0.25, -0.2) is 4.79 Å². The minimum absolute atomic E-state index is 0.00115. The number of aliphatic imine (C=N–C) groups is 1. The highest BCUT2D eigenvalue weighted by molar-refractivity contribution is 8.25. The quantitative estimate of drug-likeness (QED) is 0.570. The second-order valence-electron chi connectivity index (χ2n) is 7.69. The van der Waals surface area contributed by atoms with Crippen molar-refractivity contribution < 1.29 is 19.5 Å². The van der Waals surface area contributed by atoms with Crippen LogP contribution in [0.15, 0.2) is 29.3 Å². The summed E-state index contributed by atoms with van der Waals surface area (Å²) < 4.78 is -0.0498. The number of urea groups is 1. The van der Waals surface area contributed by atoms with Gasteiger partial charge in [0.25, 0.3) is 5.91 Å². The van der Waals surface area contributed by atoms with Crippen molar-refractivity contribution in [1.82, 2.24) is 10.6 Å². The van der Waals surface area contributed by atoms with Gasteiger partial charge < -0.3 is 10.4 Å². The van der Waals surface area contributed by atoms with Crippen LogP contribution in [-0.4, -0.2) is 58.2 Å². The summed E-state index contributed by atoms with van der Waals surface area (Å²) in [7, 11) is 1.58. The zero-order valence-corrected chi connectivity index (χ0v) is 19.3. The number of amides is 3. The van der Waals surface area contributed by atoms with Crippen LogP contribution in [0.4, 0.5) is 10.5 Å². The molecule has 0 aromatic heterocycles. The van der Waals surface area contributed by atoms with Crippen molar-refractivity contribution in [3.05, 3.63) is 29.8 Å². The Hall–Kier alpha value is -2.20. The highest BCUT2D eigenvalue weighted by atomic mass is 32.2. The van der Waals surface area contributed by atoms with Crippen LogP contribution in [-0.2, 0) is 4.79 Å². The Bertz CT molecular complexity index is 858. The van der Waals surface area contributed by atoms with E-state index in [4.69, 9.17) is 5.11 Å². The number of aliphatic carboxylic acids is 1. The van der Waals surface area contributed by atoms with Gasteiger partial charge in [-0.05, 0) is 43.9 Å². The zero-order valence-electron chi connectivity index (χ0n) is 17.7. The molecule has 2 aliphatic rings. The number of nitrogens with one attached hydrogen (secondary N) is 2. The van der Waals surface area contributed by atoms with Crippen LogP contribution in [0, 0.1) is 5.92 Å². The lowest BCUT2D eigenvalue weighted by Crippen LogP contribution is -2.44. The van der Waals surface area contributed by atoms with E-state index in [1.54, 1.807) is 30.1 Å². The average molecular weight is 465 g/mol. The molecule has 1 saturated carbocycles. The molecule has 3 N–H and O–H groups in total. The Morgan fingerprint density at radius 3 is 2.71 bits per heavy atom. The number of benzene rings is 1. The van der Waals surface area contributed by atoms with E-state index in [0.29, 0.717) is 28.9 Å². The standard InChI is InChI=1S/C21H28N4O4S2/c1-13-19(30-12-17(26)27)31-20(23-13)24-21(29)25(11-14-6-3-4-7-14)16-9-5-8-15(10-16)18(28)22-2/h5,8-10,13-14,19H,3-4,6-7,11-12H2,1-2H3,(H,22,28)(H,26,27)(H,23,24,29). The van der Waals surface area contributed by atoms with Crippen molar-refractivity contribution in [3.8, 4) is 0 Å². The van der Waals surface area contributed by atoms with Crippen molar-refractivity contribution in [3.63, 3.8) is 0 Å². The number of carboxylic acid groups (broad SMARTS) is 1. The number of rotatable bonds is 7. The molecule has 1 aliphatic heterocycles. The summed E-state index contributed by atoms with van der Waals surface area (Å²) in [5.74, 6) is -0.649. The molecule has 2 atom stereocenters. The molecule has 1 heterocycles. The molecular weight excluding hydrogens is 436 g/mol. The van der Waals surface area contributed by atoms with Crippen LogP contribution in [0.1, 0.15) is 43.0 Å². The number of amidine groups is 1. The van der Waals surface area contributed by atoms with E-state index >= 15 is 0 Å². The maximum atomic E-state index is 13.2. The van der Waals surface area contributed by atoms with Gasteiger partial charge in [-0.15, -0.1) is 11.8 Å². The van der Waals surface area contributed by atoms with Gasteiger partial charge in [-0.3, -0.25) is 24.8 Å². The molecule has 1 fully saturated rings. The molecular formula is C21H28N4O4S2. The van der Waals surface area contributed by atoms with Crippen molar-refractivity contribution in [2.45, 2.75) is 43.2 Å². The Morgan fingerprint density at radius 2 is 2.03 bits per heavy atom. The number of thioether (sulfide) groups is 2. The Morgan fingerprint density at radius 1 is 1.29 bits per heavy atom. The third kappa shape index (κ3) is 6.39. The molecule has 1 aromatic carbocycles. The number of hydrogen-bond donors (Lipinski definition) is 3. The lowest BCUT2D eigenvalue weighted by molar-refractivity contribution is -0.133. The fraction of sp³-hybridized carbons (Fsp3) is 0.524. The summed E-state index contributed by atoms with van der Waals surface area (Å²) in [6, 6.07) is 6.67. The minimum Gasteiger partial charge on any atom is -0.481 e. The van der Waals surface area contributed by atoms with Gasteiger partial charge in [-0.1, -0.05) is 30.7 Å². The van der Waals surface area contributed by atoms with Crippen LogP contribution in [0.5, 0.6) is 0 Å². The van der Waals surface area contributed by atoms with Gasteiger partial charge in [0, 0.05) is 24.8 Å². The zero-order chi connectivity index (χ0) is 22.4. The maximum absolute atomic E-state index is 13.2. The predicted octanol–water partition coefficient (Wildman–Crippen LogP) is 3.39. The summed E-state index contributed by atoms with van der Waals surface area (Å²) >= 11 is 2.69. The number of anilines is 1. The van der Waals surface area contributed by atoms with Gasteiger partial charge in [0.05, 0.1) is 16.4 Å². The second-order valence-corrected chi connectivity index (χ2v) is 10.2. The number of carbonyl (C=O) groups is 3. The molecule has 3 rings (SSSR count). The normalized spacial score (nSPS) is 20.9. The molecule has 0 radical (unpaired) electrons. The lowest BCUT2D eigenvalue weighted by Gasteiger charge is -2.26. The average Bonchev–Trinajstić information content (AvgIpc) is 3.39. The number of nitrogens with zero attached hydrogens (tertiary/aromatic N) is 2. The molecule has 0 spiro atoms. The molecule has 168 valence electrons. The number of carbonyl (C=O) groups excluding carboxylic acids is 2. The Balaban J connectivity index is 1.73. The summed E-state index contributed by atoms with van der Waals surface area (Å²) in [4.78, 5) is 42.3. The summed E-state index contributed by atoms with van der Waals surface area (Å²) in [6.45, 7) is 2.49. The van der Waals surface area contributed by atoms with E-state index in [-0.39, 0.29) is 28.3 Å². The van der Waals surface area contributed by atoms with Crippen molar-refractivity contribution in [2.24, 2.45) is 10.9 Å². The van der Waals surface area contributed by atoms with Gasteiger partial charge in [-0.2, -0.15) is 0 Å². The van der Waals surface area contributed by atoms with E-state index in [1.165, 1.54) is 36.4 Å². The molecule has 2 unspecified atom stereocenters. The van der Waals surface area contributed by atoms with Gasteiger partial charge in [0.2, 0.25) is 0 Å². The number of hydrogen-bond acceptors (Lipinski definition) is 6. The van der Waals surface area contributed by atoms with E-state index in [0.717, 1.165) is 12.8 Å². The third-order valence-corrected chi connectivity index (χ3v) is 8.23. The molecule has 1 aliphatic carbocycles. The van der Waals surface area contributed by atoms with Crippen LogP contribution in [0.2, 0.25) is 0 Å². The van der Waals surface area contributed by atoms with Gasteiger partial charge >= 0.3 is 12.0 Å². The summed E-state index contributed by atoms with van der Waals surface area (Å²) in [5.41, 5.74) is 1.16. The van der Waals surface area contributed by atoms with E-state index < -0.39 is 5.97 Å². The molecule has 31 heavy (non-hydrogen) atoms. The van der Waals surface area contributed by atoms with E-state index in [1.807, 2.05) is 13.0 Å². The largest absolute Gasteiger partial charge is 0.481 e. The Labute approximate surface area is 190 Å². The monoisotopic (exact) mass is 464 g/mol. The first kappa shape index (κ1) is 23.5. The highest BCUT2D eigenvalue weighted by Gasteiger charge is 2.31. The van der Waals surface area contributed by atoms with Gasteiger partial charge in [0.1, 0.15) is 0 Å². The molecule has 0 saturated heterocycles. The molecule has 3 amide bonds. The minimum atomic E-state index is -0.867. The van der Waals surface area contributed by atoms with Crippen LogP contribution in [0.3, 0.4) is 0 Å². The molecule has 8 nitrogen and oxygen atoms in total. The van der Waals surface area contributed by atoms with Crippen molar-refractivity contribution in [1.29, 1.82) is 0 Å². The predicted molar refractivity (Wildman–Crippen MR) is 126 cm³/mol. The fourth-order valence-electron chi connectivity index (χ4n) is 3.75. The first-order chi connectivity index (χ1) is 14.9. The molecule has 10 heteroatoms. The topological polar surface area (TPSA) is 111 Å². The van der Waals surface area contributed by atoms with Crippen LogP contribution < -0.4 is 15.5 Å². The molecule has 0 bridgehead atoms. The fourth-order valence-corrected chi connectivity index (χ4v) is 6.00. The van der Waals surface area contributed by atoms with Crippen LogP contribution in [0.25, 0.3) is 0 Å². The Kier molecular flexibility index (Phi) is 8.25. The van der Waals surface area contributed by atoms with Crippen LogP contribution >= 0.6 is 23.5 Å². The maximum Gasteiger partial charge on any atom is 0.327 e. The SMILES string of the molecule is CNC(=O)c1cccc(N(CC2CCCC2)C(=O)NC2=NC(C)C(SCC(=O)O)S2)c1. The first-order valence-electron chi connectivity index (χ1n) is 10.4. The third-order valence-electron chi connectivity index (χ3n) is 5.34. The first-order valence-corrected chi connectivity index (χ1v) is 12.3. The highest BCUT2D eigenvalue weighted by Crippen LogP contribution is 2.35. The smallest absolute Gasteiger partial charge is 0.327 e. The van der Waals surface area contributed by atoms with Gasteiger partial charge in [0.15, 0.2) is 5.17 Å². The van der Waals surface area contributed by atoms with Crippen molar-refractivity contribution in [2.75, 3.05) is 24.2 Å². The lowest BCUT2D eigenvalue weighted by atomic mass is 10.1. The second kappa shape index (κ2) is 10.9. The van der Waals surface area contributed by atoms with E-state index in [9.17, 15) is 14.4 Å². The summed E-state index contributed by atoms with van der Waals surface area (Å²) in [5, 5.41) is 14.9. The number of carboxylic acids is 1. The molecule has 1 aromatic rings.